The van der Waals surface area contributed by atoms with Crippen LogP contribution >= 0.6 is 15.9 Å². The van der Waals surface area contributed by atoms with Crippen LogP contribution in [-0.4, -0.2) is 28.0 Å². The second-order valence-corrected chi connectivity index (χ2v) is 8.21. The number of rotatable bonds is 4. The topological polar surface area (TPSA) is 106 Å². The summed E-state index contributed by atoms with van der Waals surface area (Å²) in [6.07, 6.45) is 6.28. The van der Waals surface area contributed by atoms with Crippen molar-refractivity contribution in [3.63, 3.8) is 0 Å². The zero-order valence-corrected chi connectivity index (χ0v) is 16.5. The van der Waals surface area contributed by atoms with Crippen LogP contribution in [0.15, 0.2) is 56.5 Å². The number of nitro benzene ring substituents is 1. The number of furan rings is 1. The highest BCUT2D eigenvalue weighted by Crippen LogP contribution is 2.52. The number of hydrogen-bond acceptors (Lipinski definition) is 6. The summed E-state index contributed by atoms with van der Waals surface area (Å²) in [5.41, 5.74) is 0.606. The van der Waals surface area contributed by atoms with Gasteiger partial charge in [-0.3, -0.25) is 19.7 Å². The van der Waals surface area contributed by atoms with E-state index in [0.29, 0.717) is 21.6 Å². The van der Waals surface area contributed by atoms with E-state index in [0.717, 1.165) is 11.4 Å². The molecule has 1 aliphatic heterocycles. The number of non-ortho nitro benzene ring substituents is 1. The SMILES string of the molecule is O=C1[C@H]2[C@H](C(=O)N1/N=C\c1ccc(-c3ccc([N+](=O)[O-])cc3Br)o1)[C@H]1C=C[C@H]2C1. The quantitative estimate of drug-likeness (QED) is 0.229. The first-order valence-electron chi connectivity index (χ1n) is 9.08. The van der Waals surface area contributed by atoms with Crippen molar-refractivity contribution in [1.29, 1.82) is 0 Å². The fourth-order valence-electron chi connectivity index (χ4n) is 4.50. The number of nitro groups is 1. The zero-order chi connectivity index (χ0) is 20.3. The van der Waals surface area contributed by atoms with Gasteiger partial charge in [0, 0.05) is 22.2 Å². The van der Waals surface area contributed by atoms with Crippen LogP contribution in [0.2, 0.25) is 0 Å². The summed E-state index contributed by atoms with van der Waals surface area (Å²) in [5.74, 6) is 0.0230. The Morgan fingerprint density at radius 2 is 1.83 bits per heavy atom. The van der Waals surface area contributed by atoms with Gasteiger partial charge in [0.25, 0.3) is 17.5 Å². The van der Waals surface area contributed by atoms with Gasteiger partial charge < -0.3 is 4.42 Å². The molecule has 0 unspecified atom stereocenters. The van der Waals surface area contributed by atoms with E-state index in [-0.39, 0.29) is 41.2 Å². The standard InChI is InChI=1S/C20H14BrN3O5/c21-15-8-12(24(27)28)3-5-14(15)16-6-4-13(29-16)9-22-23-19(25)17-10-1-2-11(7-10)18(17)20(23)26/h1-6,8-11,17-18H,7H2/b22-9-/t10-,11-,17+,18+/m0/s1. The second-order valence-electron chi connectivity index (χ2n) is 7.36. The minimum absolute atomic E-state index is 0.0333. The predicted octanol–water partition coefficient (Wildman–Crippen LogP) is 3.76. The van der Waals surface area contributed by atoms with Gasteiger partial charge in [0.05, 0.1) is 23.0 Å². The first kappa shape index (κ1) is 18.0. The van der Waals surface area contributed by atoms with Crippen molar-refractivity contribution in [2.24, 2.45) is 28.8 Å². The van der Waals surface area contributed by atoms with E-state index in [1.54, 1.807) is 18.2 Å². The van der Waals surface area contributed by atoms with Gasteiger partial charge in [0.2, 0.25) is 0 Å². The smallest absolute Gasteiger partial charge is 0.270 e. The first-order valence-corrected chi connectivity index (χ1v) is 9.87. The summed E-state index contributed by atoms with van der Waals surface area (Å²) >= 11 is 3.31. The maximum absolute atomic E-state index is 12.6. The molecule has 5 rings (SSSR count). The lowest BCUT2D eigenvalue weighted by Gasteiger charge is -2.13. The van der Waals surface area contributed by atoms with Crippen LogP contribution in [0, 0.1) is 33.8 Å². The van der Waals surface area contributed by atoms with Gasteiger partial charge in [0.1, 0.15) is 11.5 Å². The molecule has 2 heterocycles. The average molecular weight is 456 g/mol. The molecule has 1 saturated heterocycles. The van der Waals surface area contributed by atoms with Crippen molar-refractivity contribution in [3.8, 4) is 11.3 Å². The average Bonchev–Trinajstić information content (AvgIpc) is 3.46. The number of fused-ring (bicyclic) bond motifs is 5. The van der Waals surface area contributed by atoms with Crippen molar-refractivity contribution < 1.29 is 18.9 Å². The Bertz CT molecular complexity index is 1090. The lowest BCUT2D eigenvalue weighted by molar-refractivity contribution is -0.384. The monoisotopic (exact) mass is 455 g/mol. The van der Waals surface area contributed by atoms with Crippen molar-refractivity contribution in [3.05, 3.63) is 62.8 Å². The summed E-state index contributed by atoms with van der Waals surface area (Å²) in [5, 5.41) is 15.9. The number of carbonyl (C=O) groups is 2. The third-order valence-electron chi connectivity index (χ3n) is 5.80. The van der Waals surface area contributed by atoms with Gasteiger partial charge in [-0.15, -0.1) is 0 Å². The van der Waals surface area contributed by atoms with E-state index in [9.17, 15) is 19.7 Å². The largest absolute Gasteiger partial charge is 0.455 e. The number of nitrogens with zero attached hydrogens (tertiary/aromatic N) is 3. The molecule has 2 bridgehead atoms. The first-order chi connectivity index (χ1) is 13.9. The van der Waals surface area contributed by atoms with Crippen LogP contribution in [0.25, 0.3) is 11.3 Å². The maximum atomic E-state index is 12.6. The van der Waals surface area contributed by atoms with Crippen molar-refractivity contribution in [1.82, 2.24) is 5.01 Å². The highest BCUT2D eigenvalue weighted by atomic mass is 79.9. The van der Waals surface area contributed by atoms with Crippen LogP contribution < -0.4 is 0 Å². The Balaban J connectivity index is 1.36. The molecule has 0 spiro atoms. The van der Waals surface area contributed by atoms with Gasteiger partial charge in [-0.25, -0.2) is 0 Å². The Labute approximate surface area is 173 Å². The Hall–Kier alpha value is -3.07. The number of amides is 2. The highest BCUT2D eigenvalue weighted by molar-refractivity contribution is 9.10. The predicted molar refractivity (Wildman–Crippen MR) is 106 cm³/mol. The van der Waals surface area contributed by atoms with Gasteiger partial charge in [-0.05, 0) is 52.4 Å². The number of benzene rings is 1. The molecule has 8 nitrogen and oxygen atoms in total. The van der Waals surface area contributed by atoms with Crippen LogP contribution in [0.4, 0.5) is 5.69 Å². The summed E-state index contributed by atoms with van der Waals surface area (Å²) in [4.78, 5) is 35.7. The molecular weight excluding hydrogens is 442 g/mol. The molecule has 0 radical (unpaired) electrons. The molecule has 3 aliphatic rings. The van der Waals surface area contributed by atoms with Crippen molar-refractivity contribution in [2.75, 3.05) is 0 Å². The Morgan fingerprint density at radius 3 is 2.45 bits per heavy atom. The Morgan fingerprint density at radius 1 is 1.14 bits per heavy atom. The van der Waals surface area contributed by atoms with E-state index in [2.05, 4.69) is 21.0 Å². The van der Waals surface area contributed by atoms with E-state index >= 15 is 0 Å². The van der Waals surface area contributed by atoms with E-state index in [4.69, 9.17) is 4.42 Å². The number of imide groups is 1. The minimum Gasteiger partial charge on any atom is -0.455 e. The number of carbonyl (C=O) groups excluding carboxylic acids is 2. The molecule has 1 aromatic carbocycles. The van der Waals surface area contributed by atoms with Gasteiger partial charge in [-0.2, -0.15) is 10.1 Å². The van der Waals surface area contributed by atoms with Gasteiger partial charge in [-0.1, -0.05) is 12.2 Å². The normalized spacial score (nSPS) is 27.4. The summed E-state index contributed by atoms with van der Waals surface area (Å²) < 4.78 is 6.24. The lowest BCUT2D eigenvalue weighted by Crippen LogP contribution is -2.28. The van der Waals surface area contributed by atoms with Crippen molar-refractivity contribution >= 4 is 39.6 Å². The maximum Gasteiger partial charge on any atom is 0.270 e. The molecule has 2 aliphatic carbocycles. The molecular formula is C20H14BrN3O5. The lowest BCUT2D eigenvalue weighted by atomic mass is 9.85. The molecule has 146 valence electrons. The van der Waals surface area contributed by atoms with Crippen LogP contribution in [0.5, 0.6) is 0 Å². The molecule has 0 N–H and O–H groups in total. The van der Waals surface area contributed by atoms with Gasteiger partial charge in [0.15, 0.2) is 0 Å². The molecule has 29 heavy (non-hydrogen) atoms. The summed E-state index contributed by atoms with van der Waals surface area (Å²) in [6.45, 7) is 0. The van der Waals surface area contributed by atoms with Crippen LogP contribution in [0.1, 0.15) is 12.2 Å². The van der Waals surface area contributed by atoms with Gasteiger partial charge >= 0.3 is 0 Å². The molecule has 1 aromatic heterocycles. The number of allylic oxidation sites excluding steroid dienone is 2. The molecule has 2 aromatic rings. The third kappa shape index (κ3) is 2.76. The van der Waals surface area contributed by atoms with E-state index < -0.39 is 4.92 Å². The minimum atomic E-state index is -0.476. The molecule has 1 saturated carbocycles. The fourth-order valence-corrected chi connectivity index (χ4v) is 5.06. The second kappa shape index (κ2) is 6.48. The van der Waals surface area contributed by atoms with Crippen molar-refractivity contribution in [2.45, 2.75) is 6.42 Å². The van der Waals surface area contributed by atoms with E-state index in [1.807, 2.05) is 12.2 Å². The van der Waals surface area contributed by atoms with E-state index in [1.165, 1.54) is 18.3 Å². The van der Waals surface area contributed by atoms with Crippen LogP contribution in [-0.2, 0) is 9.59 Å². The molecule has 9 heteroatoms. The summed E-state index contributed by atoms with van der Waals surface area (Å²) in [7, 11) is 0. The highest BCUT2D eigenvalue weighted by Gasteiger charge is 2.59. The number of hydrogen-bond donors (Lipinski definition) is 0. The summed E-state index contributed by atoms with van der Waals surface area (Å²) in [6, 6.07) is 7.72. The Kier molecular flexibility index (Phi) is 4.02. The zero-order valence-electron chi connectivity index (χ0n) is 14.9. The number of hydrazone groups is 1. The molecule has 2 fully saturated rings. The fraction of sp³-hybridized carbons (Fsp3) is 0.250. The molecule has 2 amide bonds. The molecule has 4 atom stereocenters. The third-order valence-corrected chi connectivity index (χ3v) is 6.46. The number of halogens is 1. The van der Waals surface area contributed by atoms with Crippen LogP contribution in [0.3, 0.4) is 0 Å².